The Morgan fingerprint density at radius 1 is 1.30 bits per heavy atom. The van der Waals surface area contributed by atoms with Crippen molar-refractivity contribution in [3.63, 3.8) is 0 Å². The third-order valence-corrected chi connectivity index (χ3v) is 2.98. The molecule has 1 heterocycles. The molecule has 0 aliphatic heterocycles. The summed E-state index contributed by atoms with van der Waals surface area (Å²) in [7, 11) is 1.50. The fourth-order valence-electron chi connectivity index (χ4n) is 2.09. The van der Waals surface area contributed by atoms with Gasteiger partial charge in [-0.25, -0.2) is 4.79 Å². The van der Waals surface area contributed by atoms with Crippen molar-refractivity contribution in [1.29, 1.82) is 0 Å². The van der Waals surface area contributed by atoms with E-state index in [9.17, 15) is 22.8 Å². The van der Waals surface area contributed by atoms with E-state index in [-0.39, 0.29) is 23.2 Å². The van der Waals surface area contributed by atoms with Crippen molar-refractivity contribution in [2.45, 2.75) is 20.1 Å². The van der Waals surface area contributed by atoms with Crippen molar-refractivity contribution in [3.05, 3.63) is 34.1 Å². The number of pyridine rings is 1. The van der Waals surface area contributed by atoms with Crippen LogP contribution in [0.5, 0.6) is 5.75 Å². The van der Waals surface area contributed by atoms with Crippen molar-refractivity contribution in [2.24, 2.45) is 0 Å². The third-order valence-electron chi connectivity index (χ3n) is 2.98. The van der Waals surface area contributed by atoms with Crippen molar-refractivity contribution in [1.82, 2.24) is 4.98 Å². The lowest BCUT2D eigenvalue weighted by Crippen LogP contribution is -2.22. The second-order valence-electron chi connectivity index (χ2n) is 4.54. The molecule has 0 amide bonds. The lowest BCUT2D eigenvalue weighted by atomic mass is 9.72. The minimum Gasteiger partial charge on any atom is -0.461 e. The minimum atomic E-state index is -4.86. The fourth-order valence-corrected chi connectivity index (χ4v) is 2.09. The summed E-state index contributed by atoms with van der Waals surface area (Å²) >= 11 is 0. The molecular weight excluding hydrogens is 314 g/mol. The molecule has 5 nitrogen and oxygen atoms in total. The Morgan fingerprint density at radius 3 is 2.57 bits per heavy atom. The van der Waals surface area contributed by atoms with Crippen molar-refractivity contribution in [3.8, 4) is 5.75 Å². The molecule has 1 radical (unpaired) electrons. The van der Waals surface area contributed by atoms with Gasteiger partial charge in [0.1, 0.15) is 11.4 Å². The van der Waals surface area contributed by atoms with Crippen LogP contribution in [-0.4, -0.2) is 31.2 Å². The number of carbonyl (C=O) groups excluding carboxylic acids is 1. The summed E-state index contributed by atoms with van der Waals surface area (Å²) in [5, 5.41) is -0.0205. The monoisotopic (exact) mass is 326 g/mol. The molecule has 121 valence electrons. The van der Waals surface area contributed by atoms with E-state index in [1.54, 1.807) is 13.7 Å². The number of aromatic nitrogens is 1. The maximum atomic E-state index is 12.4. The Hall–Kier alpha value is -2.45. The molecule has 1 N–H and O–H groups in total. The van der Waals surface area contributed by atoms with Gasteiger partial charge in [-0.1, -0.05) is 12.3 Å². The van der Waals surface area contributed by atoms with Gasteiger partial charge in [-0.15, -0.1) is 13.2 Å². The predicted octanol–water partition coefficient (Wildman–Crippen LogP) is 1.98. The zero-order valence-corrected chi connectivity index (χ0v) is 12.3. The summed E-state index contributed by atoms with van der Waals surface area (Å²) in [4.78, 5) is 26.6. The number of hydrogen-bond donors (Lipinski definition) is 1. The summed E-state index contributed by atoms with van der Waals surface area (Å²) in [6, 6.07) is 3.08. The first-order chi connectivity index (χ1) is 10.7. The molecule has 23 heavy (non-hydrogen) atoms. The molecule has 0 atom stereocenters. The summed E-state index contributed by atoms with van der Waals surface area (Å²) in [5.41, 5.74) is -0.156. The number of carbonyl (C=O) groups is 1. The molecule has 0 unspecified atom stereocenters. The third kappa shape index (κ3) is 3.85. The average molecular weight is 326 g/mol. The Balaban J connectivity index is 2.63. The zero-order valence-electron chi connectivity index (χ0n) is 12.3. The molecule has 0 bridgehead atoms. The molecule has 0 saturated carbocycles. The average Bonchev–Trinajstić information content (AvgIpc) is 2.45. The van der Waals surface area contributed by atoms with Crippen LogP contribution in [0.2, 0.25) is 6.82 Å². The largest absolute Gasteiger partial charge is 0.573 e. The highest BCUT2D eigenvalue weighted by atomic mass is 19.4. The van der Waals surface area contributed by atoms with Crippen LogP contribution >= 0.6 is 0 Å². The number of benzene rings is 1. The summed E-state index contributed by atoms with van der Waals surface area (Å²) in [6.45, 7) is 3.33. The van der Waals surface area contributed by atoms with Crippen molar-refractivity contribution in [2.75, 3.05) is 6.61 Å². The Morgan fingerprint density at radius 2 is 2.00 bits per heavy atom. The van der Waals surface area contributed by atoms with Gasteiger partial charge in [0.2, 0.25) is 0 Å². The molecule has 0 spiro atoms. The molecule has 2 rings (SSSR count). The molecule has 0 aliphatic carbocycles. The second-order valence-corrected chi connectivity index (χ2v) is 4.54. The highest BCUT2D eigenvalue weighted by Gasteiger charge is 2.31. The number of rotatable bonds is 4. The van der Waals surface area contributed by atoms with Crippen LogP contribution in [0, 0.1) is 0 Å². The van der Waals surface area contributed by atoms with E-state index in [4.69, 9.17) is 4.74 Å². The molecule has 0 aliphatic rings. The molecule has 1 aromatic carbocycles. The van der Waals surface area contributed by atoms with Crippen molar-refractivity contribution >= 4 is 29.6 Å². The van der Waals surface area contributed by atoms with Gasteiger partial charge >= 0.3 is 12.3 Å². The van der Waals surface area contributed by atoms with Gasteiger partial charge in [-0.3, -0.25) is 4.79 Å². The SMILES string of the molecule is C[B]c1cc(OC(F)(F)F)cc2c(=O)cc(C(=O)OCC)[nH]c12. The molecule has 9 heteroatoms. The lowest BCUT2D eigenvalue weighted by Gasteiger charge is -2.12. The highest BCUT2D eigenvalue weighted by molar-refractivity contribution is 6.55. The van der Waals surface area contributed by atoms with Crippen LogP contribution in [0.15, 0.2) is 23.0 Å². The molecule has 1 aromatic heterocycles. The number of alkyl halides is 3. The first-order valence-electron chi connectivity index (χ1n) is 6.68. The quantitative estimate of drug-likeness (QED) is 0.689. The zero-order chi connectivity index (χ0) is 17.2. The van der Waals surface area contributed by atoms with E-state index in [1.807, 2.05) is 0 Å². The Labute approximate surface area is 129 Å². The molecular formula is C14H12BF3NO4. The van der Waals surface area contributed by atoms with Crippen LogP contribution in [0.3, 0.4) is 0 Å². The number of esters is 1. The highest BCUT2D eigenvalue weighted by Crippen LogP contribution is 2.24. The molecule has 0 saturated heterocycles. The summed E-state index contributed by atoms with van der Waals surface area (Å²) in [5.74, 6) is -1.23. The number of nitrogens with one attached hydrogen (secondary N) is 1. The van der Waals surface area contributed by atoms with Gasteiger partial charge in [0.15, 0.2) is 12.7 Å². The predicted molar refractivity (Wildman–Crippen MR) is 78.5 cm³/mol. The van der Waals surface area contributed by atoms with Gasteiger partial charge in [0.25, 0.3) is 0 Å². The first-order valence-corrected chi connectivity index (χ1v) is 6.68. The van der Waals surface area contributed by atoms with E-state index in [2.05, 4.69) is 9.72 Å². The number of hydrogen-bond acceptors (Lipinski definition) is 4. The molecule has 0 fully saturated rings. The summed E-state index contributed by atoms with van der Waals surface area (Å²) < 4.78 is 45.7. The van der Waals surface area contributed by atoms with Gasteiger partial charge in [-0.05, 0) is 19.1 Å². The first kappa shape index (κ1) is 16.9. The number of fused-ring (bicyclic) bond motifs is 1. The maximum absolute atomic E-state index is 12.4. The minimum absolute atomic E-state index is 0.0205. The maximum Gasteiger partial charge on any atom is 0.573 e. The van der Waals surface area contributed by atoms with E-state index in [0.717, 1.165) is 18.2 Å². The van der Waals surface area contributed by atoms with Crippen molar-refractivity contribution < 1.29 is 27.4 Å². The topological polar surface area (TPSA) is 68.4 Å². The van der Waals surface area contributed by atoms with Crippen LogP contribution in [-0.2, 0) is 4.74 Å². The number of aromatic amines is 1. The Kier molecular flexibility index (Phi) is 4.67. The number of H-pyrrole nitrogens is 1. The van der Waals surface area contributed by atoms with Gasteiger partial charge in [0.05, 0.1) is 6.61 Å². The smallest absolute Gasteiger partial charge is 0.461 e. The van der Waals surface area contributed by atoms with Crippen LogP contribution in [0.25, 0.3) is 10.9 Å². The van der Waals surface area contributed by atoms with Gasteiger partial charge < -0.3 is 14.5 Å². The van der Waals surface area contributed by atoms with E-state index in [0.29, 0.717) is 5.46 Å². The second kappa shape index (κ2) is 6.35. The molecule has 2 aromatic rings. The standard InChI is InChI=1S/C14H12BF3NO4/c1-3-22-13(21)10-6-11(20)8-4-7(23-14(16,17)18)5-9(15-2)12(8)19-10/h4-6H,3H2,1-2H3,(H,19,20). The van der Waals surface area contributed by atoms with Crippen LogP contribution in [0.1, 0.15) is 17.4 Å². The summed E-state index contributed by atoms with van der Waals surface area (Å²) in [6.07, 6.45) is -4.86. The fraction of sp³-hybridized carbons (Fsp3) is 0.286. The normalized spacial score (nSPS) is 11.3. The van der Waals surface area contributed by atoms with Gasteiger partial charge in [0, 0.05) is 17.0 Å². The van der Waals surface area contributed by atoms with E-state index >= 15 is 0 Å². The number of halogens is 3. The number of ether oxygens (including phenoxy) is 2. The van der Waals surface area contributed by atoms with E-state index < -0.39 is 23.5 Å². The van der Waals surface area contributed by atoms with Crippen LogP contribution in [0.4, 0.5) is 13.2 Å². The van der Waals surface area contributed by atoms with Crippen LogP contribution < -0.4 is 15.6 Å². The van der Waals surface area contributed by atoms with E-state index in [1.165, 1.54) is 7.28 Å². The van der Waals surface area contributed by atoms with Gasteiger partial charge in [-0.2, -0.15) is 0 Å². The lowest BCUT2D eigenvalue weighted by molar-refractivity contribution is -0.274. The Bertz CT molecular complexity index is 801.